The topological polar surface area (TPSA) is 103 Å². The minimum absolute atomic E-state index is 0.0531. The summed E-state index contributed by atoms with van der Waals surface area (Å²) in [6, 6.07) is 30.2. The van der Waals surface area contributed by atoms with E-state index in [1.165, 1.54) is 14.9 Å². The quantitative estimate of drug-likeness (QED) is 0.172. The van der Waals surface area contributed by atoms with Gasteiger partial charge in [-0.15, -0.1) is 22.7 Å². The van der Waals surface area contributed by atoms with E-state index in [1.54, 1.807) is 22.7 Å². The van der Waals surface area contributed by atoms with E-state index >= 15 is 0 Å². The first-order valence-electron chi connectivity index (χ1n) is 18.7. The number of ether oxygens (including phenoxy) is 2. The molecule has 8 aromatic rings. The van der Waals surface area contributed by atoms with E-state index < -0.39 is 0 Å². The number of aliphatic hydroxyl groups is 1. The van der Waals surface area contributed by atoms with Gasteiger partial charge in [-0.25, -0.2) is 19.9 Å². The molecule has 276 valence electrons. The molecular formula is C42H43N7O3S2. The fraction of sp³-hybridized carbons (Fsp3) is 0.333. The van der Waals surface area contributed by atoms with E-state index in [0.29, 0.717) is 12.1 Å². The van der Waals surface area contributed by atoms with Crippen LogP contribution in [0.2, 0.25) is 0 Å². The van der Waals surface area contributed by atoms with Crippen molar-refractivity contribution >= 4 is 65.2 Å². The second-order valence-electron chi connectivity index (χ2n) is 14.3. The fourth-order valence-electron chi connectivity index (χ4n) is 7.76. The Hall–Kier alpha value is -4.56. The van der Waals surface area contributed by atoms with Crippen LogP contribution in [0, 0.1) is 0 Å². The molecular weight excluding hydrogens is 715 g/mol. The minimum Gasteiger partial charge on any atom is -0.388 e. The lowest BCUT2D eigenvalue weighted by molar-refractivity contribution is 0.0687. The molecule has 10 nitrogen and oxygen atoms in total. The van der Waals surface area contributed by atoms with Crippen molar-refractivity contribution in [1.29, 1.82) is 0 Å². The van der Waals surface area contributed by atoms with Crippen LogP contribution in [0.5, 0.6) is 0 Å². The van der Waals surface area contributed by atoms with Crippen LogP contribution in [0.25, 0.3) is 63.6 Å². The van der Waals surface area contributed by atoms with Crippen molar-refractivity contribution in [2.24, 2.45) is 0 Å². The average Bonchev–Trinajstić information content (AvgIpc) is 4.00. The fourth-order valence-corrected chi connectivity index (χ4v) is 9.69. The summed E-state index contributed by atoms with van der Waals surface area (Å²) in [7, 11) is 4.19. The zero-order valence-corrected chi connectivity index (χ0v) is 32.2. The molecule has 0 spiro atoms. The first-order valence-corrected chi connectivity index (χ1v) is 20.3. The van der Waals surface area contributed by atoms with Gasteiger partial charge in [-0.1, -0.05) is 24.3 Å². The number of benzene rings is 4. The van der Waals surface area contributed by atoms with Gasteiger partial charge in [-0.05, 0) is 100 Å². The number of nitrogens with zero attached hydrogens (tertiary/aromatic N) is 7. The lowest BCUT2D eigenvalue weighted by Gasteiger charge is -2.26. The number of para-hydroxylation sites is 2. The maximum absolute atomic E-state index is 9.81. The summed E-state index contributed by atoms with van der Waals surface area (Å²) in [6.45, 7) is 3.97. The number of thiazole rings is 2. The Balaban J connectivity index is 0.000000143. The van der Waals surface area contributed by atoms with Gasteiger partial charge in [0.25, 0.3) is 0 Å². The first kappa shape index (κ1) is 35.2. The molecule has 0 saturated carbocycles. The molecule has 2 aliphatic heterocycles. The van der Waals surface area contributed by atoms with Crippen LogP contribution in [0.4, 0.5) is 0 Å². The van der Waals surface area contributed by atoms with Crippen LogP contribution in [0.15, 0.2) is 84.9 Å². The van der Waals surface area contributed by atoms with E-state index in [9.17, 15) is 5.11 Å². The van der Waals surface area contributed by atoms with Gasteiger partial charge in [0.05, 0.1) is 49.0 Å². The van der Waals surface area contributed by atoms with E-state index in [1.807, 2.05) is 24.3 Å². The van der Waals surface area contributed by atoms with Crippen molar-refractivity contribution in [3.05, 3.63) is 96.6 Å². The van der Waals surface area contributed by atoms with Crippen molar-refractivity contribution in [1.82, 2.24) is 34.0 Å². The second-order valence-corrected chi connectivity index (χ2v) is 16.3. The lowest BCUT2D eigenvalue weighted by Crippen LogP contribution is -2.23. The van der Waals surface area contributed by atoms with Crippen LogP contribution in [0.1, 0.15) is 49.4 Å². The smallest absolute Gasteiger partial charge is 0.135 e. The molecule has 0 atom stereocenters. The highest BCUT2D eigenvalue weighted by Gasteiger charge is 2.24. The molecule has 2 aliphatic rings. The molecule has 4 aromatic heterocycles. The Bertz CT molecular complexity index is 2490. The third-order valence-electron chi connectivity index (χ3n) is 10.3. The minimum atomic E-state index is -0.0531. The number of aromatic nitrogens is 6. The molecule has 0 amide bonds. The average molecular weight is 758 g/mol. The van der Waals surface area contributed by atoms with E-state index in [4.69, 9.17) is 29.4 Å². The van der Waals surface area contributed by atoms with Gasteiger partial charge < -0.3 is 28.6 Å². The van der Waals surface area contributed by atoms with Crippen LogP contribution in [-0.4, -0.2) is 79.6 Å². The van der Waals surface area contributed by atoms with Gasteiger partial charge in [-0.2, -0.15) is 0 Å². The molecule has 54 heavy (non-hydrogen) atoms. The number of imidazole rings is 2. The van der Waals surface area contributed by atoms with Crippen molar-refractivity contribution in [2.75, 3.05) is 40.5 Å². The highest BCUT2D eigenvalue weighted by Crippen LogP contribution is 2.36. The summed E-state index contributed by atoms with van der Waals surface area (Å²) in [6.07, 6.45) is 4.01. The standard InChI is InChI=1S/C22H24N4OS.C20H19N3O2S/c1-25(2)14-21-23-18-13-15(22-24-17-5-3-4-6-20(17)28-22)7-8-19(18)26(21)16-9-11-27-12-10-16;24-12-19-21-16-11-13(20-22-15-3-1-2-4-18(15)26-20)5-6-17(16)23(19)14-7-9-25-10-8-14/h3-8,13,16H,9-12,14H2,1-2H3;1-6,11,14,24H,7-10,12H2. The van der Waals surface area contributed by atoms with E-state index in [2.05, 4.69) is 88.8 Å². The highest BCUT2D eigenvalue weighted by atomic mass is 32.1. The summed E-state index contributed by atoms with van der Waals surface area (Å²) in [5, 5.41) is 11.9. The Kier molecular flexibility index (Phi) is 9.96. The third-order valence-corrected chi connectivity index (χ3v) is 12.5. The molecule has 1 N–H and O–H groups in total. The Labute approximate surface area is 321 Å². The Morgan fingerprint density at radius 1 is 0.611 bits per heavy atom. The largest absolute Gasteiger partial charge is 0.388 e. The Morgan fingerprint density at radius 2 is 1.07 bits per heavy atom. The number of fused-ring (bicyclic) bond motifs is 4. The normalized spacial score (nSPS) is 15.9. The number of hydrogen-bond donors (Lipinski definition) is 1. The highest BCUT2D eigenvalue weighted by molar-refractivity contribution is 7.22. The first-order chi connectivity index (χ1) is 26.5. The van der Waals surface area contributed by atoms with Crippen molar-refractivity contribution in [3.63, 3.8) is 0 Å². The van der Waals surface area contributed by atoms with Gasteiger partial charge in [-0.3, -0.25) is 0 Å². The van der Waals surface area contributed by atoms with Crippen LogP contribution < -0.4 is 0 Å². The summed E-state index contributed by atoms with van der Waals surface area (Å²) in [5.74, 6) is 1.86. The van der Waals surface area contributed by atoms with Crippen LogP contribution in [0.3, 0.4) is 0 Å². The van der Waals surface area contributed by atoms with Crippen LogP contribution >= 0.6 is 22.7 Å². The zero-order valence-electron chi connectivity index (χ0n) is 30.5. The third kappa shape index (κ3) is 6.94. The summed E-state index contributed by atoms with van der Waals surface area (Å²) in [4.78, 5) is 21.5. The summed E-state index contributed by atoms with van der Waals surface area (Å²) < 4.78 is 18.1. The molecule has 0 bridgehead atoms. The van der Waals surface area contributed by atoms with Gasteiger partial charge in [0.15, 0.2) is 0 Å². The van der Waals surface area contributed by atoms with E-state index in [-0.39, 0.29) is 6.61 Å². The SMILES string of the molecule is CN(C)Cc1nc2cc(-c3nc4ccccc4s3)ccc2n1C1CCOCC1.OCc1nc2cc(-c3nc4ccccc4s3)ccc2n1C1CCOCC1. The maximum Gasteiger partial charge on any atom is 0.135 e. The summed E-state index contributed by atoms with van der Waals surface area (Å²) >= 11 is 3.43. The molecule has 4 aromatic carbocycles. The molecule has 0 unspecified atom stereocenters. The lowest BCUT2D eigenvalue weighted by atomic mass is 10.1. The Morgan fingerprint density at radius 3 is 1.54 bits per heavy atom. The molecule has 0 aliphatic carbocycles. The molecule has 2 fully saturated rings. The predicted molar refractivity (Wildman–Crippen MR) is 218 cm³/mol. The number of rotatable bonds is 7. The summed E-state index contributed by atoms with van der Waals surface area (Å²) in [5.41, 5.74) is 8.55. The van der Waals surface area contributed by atoms with Gasteiger partial charge >= 0.3 is 0 Å². The molecule has 10 rings (SSSR count). The van der Waals surface area contributed by atoms with Gasteiger partial charge in [0.2, 0.25) is 0 Å². The number of hydrogen-bond acceptors (Lipinski definition) is 10. The van der Waals surface area contributed by atoms with Crippen molar-refractivity contribution < 1.29 is 14.6 Å². The maximum atomic E-state index is 9.81. The molecule has 2 saturated heterocycles. The number of aliphatic hydroxyl groups excluding tert-OH is 1. The molecule has 0 radical (unpaired) electrons. The van der Waals surface area contributed by atoms with Gasteiger partial charge in [0, 0.05) is 49.6 Å². The van der Waals surface area contributed by atoms with Crippen molar-refractivity contribution in [3.8, 4) is 21.1 Å². The zero-order chi connectivity index (χ0) is 36.6. The second kappa shape index (κ2) is 15.3. The molecule has 6 heterocycles. The predicted octanol–water partition coefficient (Wildman–Crippen LogP) is 8.88. The molecule has 12 heteroatoms. The van der Waals surface area contributed by atoms with Crippen molar-refractivity contribution in [2.45, 2.75) is 50.9 Å². The van der Waals surface area contributed by atoms with Crippen LogP contribution in [-0.2, 0) is 22.6 Å². The van der Waals surface area contributed by atoms with Gasteiger partial charge in [0.1, 0.15) is 28.3 Å². The van der Waals surface area contributed by atoms with E-state index in [0.717, 1.165) is 119 Å². The monoisotopic (exact) mass is 757 g/mol.